The van der Waals surface area contributed by atoms with Crippen LogP contribution in [0.25, 0.3) is 0 Å². The molecule has 2 rings (SSSR count). The fourth-order valence-corrected chi connectivity index (χ4v) is 1.10. The van der Waals surface area contributed by atoms with Gasteiger partial charge in [0.1, 0.15) is 18.0 Å². The summed E-state index contributed by atoms with van der Waals surface area (Å²) in [4.78, 5) is 8.07. The van der Waals surface area contributed by atoms with Crippen LogP contribution in [0, 0.1) is 0 Å². The van der Waals surface area contributed by atoms with E-state index in [-0.39, 0.29) is 0 Å². The van der Waals surface area contributed by atoms with Crippen LogP contribution >= 0.6 is 0 Å². The number of anilines is 2. The highest BCUT2D eigenvalue weighted by atomic mass is 16.5. The second kappa shape index (κ2) is 4.41. The third kappa shape index (κ3) is 2.43. The fraction of sp³-hybridized carbons (Fsp3) is 0.222. The normalized spacial score (nSPS) is 9.93. The topological polar surface area (TPSA) is 75.9 Å². The average Bonchev–Trinajstić information content (AvgIpc) is 2.79. The molecule has 0 fully saturated rings. The third-order valence-electron chi connectivity index (χ3n) is 1.86. The molecular formula is C9H11N5O. The molecule has 2 aromatic heterocycles. The molecule has 0 saturated heterocycles. The number of nitrogens with one attached hydrogen (secondary N) is 2. The van der Waals surface area contributed by atoms with Gasteiger partial charge in [-0.15, -0.1) is 0 Å². The predicted molar refractivity (Wildman–Crippen MR) is 55.4 cm³/mol. The van der Waals surface area contributed by atoms with Gasteiger partial charge in [-0.25, -0.2) is 9.97 Å². The highest BCUT2D eigenvalue weighted by molar-refractivity contribution is 5.45. The Morgan fingerprint density at radius 2 is 2.20 bits per heavy atom. The Kier molecular flexibility index (Phi) is 2.77. The van der Waals surface area contributed by atoms with Crippen molar-refractivity contribution in [3.05, 3.63) is 30.4 Å². The summed E-state index contributed by atoms with van der Waals surface area (Å²) in [7, 11) is 1.81. The van der Waals surface area contributed by atoms with Crippen molar-refractivity contribution < 1.29 is 4.52 Å². The van der Waals surface area contributed by atoms with E-state index in [1.54, 1.807) is 12.3 Å². The molecule has 2 N–H and O–H groups in total. The lowest BCUT2D eigenvalue weighted by atomic mass is 10.4. The van der Waals surface area contributed by atoms with E-state index in [2.05, 4.69) is 25.8 Å². The van der Waals surface area contributed by atoms with Crippen molar-refractivity contribution in [1.82, 2.24) is 15.1 Å². The zero-order chi connectivity index (χ0) is 10.5. The molecule has 0 spiro atoms. The van der Waals surface area contributed by atoms with Crippen molar-refractivity contribution in [2.24, 2.45) is 0 Å². The molecule has 0 unspecified atom stereocenters. The van der Waals surface area contributed by atoms with Gasteiger partial charge in [-0.05, 0) is 0 Å². The molecule has 0 aliphatic carbocycles. The first-order chi connectivity index (χ1) is 7.38. The first-order valence-electron chi connectivity index (χ1n) is 4.51. The van der Waals surface area contributed by atoms with E-state index in [1.165, 1.54) is 6.33 Å². The Labute approximate surface area is 86.7 Å². The van der Waals surface area contributed by atoms with Crippen LogP contribution in [0.15, 0.2) is 29.2 Å². The van der Waals surface area contributed by atoms with Crippen molar-refractivity contribution in [1.29, 1.82) is 0 Å². The van der Waals surface area contributed by atoms with E-state index in [0.717, 1.165) is 17.4 Å². The number of rotatable bonds is 4. The number of hydrogen-bond acceptors (Lipinski definition) is 6. The second-order valence-electron chi connectivity index (χ2n) is 2.87. The van der Waals surface area contributed by atoms with Gasteiger partial charge in [0.25, 0.3) is 0 Å². The van der Waals surface area contributed by atoms with Gasteiger partial charge in [0.15, 0.2) is 5.76 Å². The van der Waals surface area contributed by atoms with Crippen molar-refractivity contribution >= 4 is 11.6 Å². The molecule has 6 nitrogen and oxygen atoms in total. The summed E-state index contributed by atoms with van der Waals surface area (Å²) in [5.41, 5.74) is 0. The smallest absolute Gasteiger partial charge is 0.155 e. The largest absolute Gasteiger partial charge is 0.373 e. The standard InChI is InChI=1S/C9H11N5O/c1-10-8-4-9(13-6-12-8)11-5-7-2-3-14-15-7/h2-4,6H,5H2,1H3,(H2,10,11,12,13). The molecule has 0 saturated carbocycles. The van der Waals surface area contributed by atoms with Gasteiger partial charge in [0.2, 0.25) is 0 Å². The molecule has 0 radical (unpaired) electrons. The van der Waals surface area contributed by atoms with Crippen LogP contribution in [0.3, 0.4) is 0 Å². The molecule has 0 amide bonds. The zero-order valence-corrected chi connectivity index (χ0v) is 8.27. The Balaban J connectivity index is 1.98. The van der Waals surface area contributed by atoms with Gasteiger partial charge in [-0.2, -0.15) is 0 Å². The lowest BCUT2D eigenvalue weighted by Crippen LogP contribution is -2.02. The van der Waals surface area contributed by atoms with Gasteiger partial charge in [-0.3, -0.25) is 0 Å². The third-order valence-corrected chi connectivity index (χ3v) is 1.86. The van der Waals surface area contributed by atoms with Crippen molar-refractivity contribution in [3.8, 4) is 0 Å². The molecular weight excluding hydrogens is 194 g/mol. The summed E-state index contributed by atoms with van der Waals surface area (Å²) >= 11 is 0. The van der Waals surface area contributed by atoms with Crippen molar-refractivity contribution in [3.63, 3.8) is 0 Å². The van der Waals surface area contributed by atoms with Crippen LogP contribution in [-0.4, -0.2) is 22.2 Å². The quantitative estimate of drug-likeness (QED) is 0.778. The molecule has 15 heavy (non-hydrogen) atoms. The van der Waals surface area contributed by atoms with Gasteiger partial charge >= 0.3 is 0 Å². The summed E-state index contributed by atoms with van der Waals surface area (Å²) in [5.74, 6) is 2.27. The average molecular weight is 205 g/mol. The number of nitrogens with zero attached hydrogens (tertiary/aromatic N) is 3. The highest BCUT2D eigenvalue weighted by Crippen LogP contribution is 2.09. The Morgan fingerprint density at radius 3 is 2.93 bits per heavy atom. The molecule has 2 aromatic rings. The van der Waals surface area contributed by atoms with Crippen LogP contribution in [0.4, 0.5) is 11.6 Å². The van der Waals surface area contributed by atoms with E-state index in [0.29, 0.717) is 6.54 Å². The Bertz CT molecular complexity index is 414. The summed E-state index contributed by atoms with van der Waals surface area (Å²) in [5, 5.41) is 9.64. The lowest BCUT2D eigenvalue weighted by Gasteiger charge is -2.04. The summed E-state index contributed by atoms with van der Waals surface area (Å²) in [6, 6.07) is 3.61. The zero-order valence-electron chi connectivity index (χ0n) is 8.27. The van der Waals surface area contributed by atoms with Gasteiger partial charge < -0.3 is 15.2 Å². The SMILES string of the molecule is CNc1cc(NCc2ccno2)ncn1. The lowest BCUT2D eigenvalue weighted by molar-refractivity contribution is 0.388. The first kappa shape index (κ1) is 9.45. The molecule has 0 aromatic carbocycles. The fourth-order valence-electron chi connectivity index (χ4n) is 1.10. The van der Waals surface area contributed by atoms with Gasteiger partial charge in [0.05, 0.1) is 12.7 Å². The molecule has 78 valence electrons. The van der Waals surface area contributed by atoms with Crippen LogP contribution in [-0.2, 0) is 6.54 Å². The van der Waals surface area contributed by atoms with Crippen LogP contribution in [0.2, 0.25) is 0 Å². The first-order valence-corrected chi connectivity index (χ1v) is 4.51. The molecule has 0 bridgehead atoms. The highest BCUT2D eigenvalue weighted by Gasteiger charge is 1.99. The molecule has 0 aliphatic rings. The van der Waals surface area contributed by atoms with E-state index in [4.69, 9.17) is 4.52 Å². The monoisotopic (exact) mass is 205 g/mol. The van der Waals surface area contributed by atoms with E-state index >= 15 is 0 Å². The van der Waals surface area contributed by atoms with Crippen LogP contribution < -0.4 is 10.6 Å². The van der Waals surface area contributed by atoms with Gasteiger partial charge in [0, 0.05) is 19.2 Å². The van der Waals surface area contributed by atoms with E-state index in [1.807, 2.05) is 13.1 Å². The molecule has 0 aliphatic heterocycles. The summed E-state index contributed by atoms with van der Waals surface area (Å²) < 4.78 is 4.94. The minimum atomic E-state index is 0.556. The maximum absolute atomic E-state index is 4.94. The maximum atomic E-state index is 4.94. The van der Waals surface area contributed by atoms with Crippen LogP contribution in [0.5, 0.6) is 0 Å². The maximum Gasteiger partial charge on any atom is 0.155 e. The molecule has 0 atom stereocenters. The summed E-state index contributed by atoms with van der Waals surface area (Å²) in [6.07, 6.45) is 3.10. The van der Waals surface area contributed by atoms with Gasteiger partial charge in [-0.1, -0.05) is 5.16 Å². The molecule has 6 heteroatoms. The summed E-state index contributed by atoms with van der Waals surface area (Å²) in [6.45, 7) is 0.556. The number of aromatic nitrogens is 3. The van der Waals surface area contributed by atoms with Crippen LogP contribution in [0.1, 0.15) is 5.76 Å². The Hall–Kier alpha value is -2.11. The van der Waals surface area contributed by atoms with E-state index < -0.39 is 0 Å². The number of hydrogen-bond donors (Lipinski definition) is 2. The van der Waals surface area contributed by atoms with Crippen molar-refractivity contribution in [2.75, 3.05) is 17.7 Å². The van der Waals surface area contributed by atoms with Crippen molar-refractivity contribution in [2.45, 2.75) is 6.54 Å². The Morgan fingerprint density at radius 1 is 1.33 bits per heavy atom. The minimum absolute atomic E-state index is 0.556. The minimum Gasteiger partial charge on any atom is -0.373 e. The van der Waals surface area contributed by atoms with E-state index in [9.17, 15) is 0 Å². The molecule has 2 heterocycles. The predicted octanol–water partition coefficient (Wildman–Crippen LogP) is 1.12. The second-order valence-corrected chi connectivity index (χ2v) is 2.87.